The number of hydrogen-bond acceptors (Lipinski definition) is 4. The lowest BCUT2D eigenvalue weighted by molar-refractivity contribution is -0.154. The normalized spacial score (nSPS) is 41.6. The van der Waals surface area contributed by atoms with Crippen LogP contribution in [0.25, 0.3) is 0 Å². The summed E-state index contributed by atoms with van der Waals surface area (Å²) in [5.74, 6) is -0.285. The number of cyclic esters (lactones) is 1. The standard InChI is InChI=1S/C21H36O4/c1-8-18-14(3)10-9-13(2)16(5)12-21(7,24)19(22)11-15(4)17(6)20(23)25-18/h9,13,15-19,22,24H,8,11-12H2,1-7H3. The zero-order valence-corrected chi connectivity index (χ0v) is 16.9. The fourth-order valence-corrected chi connectivity index (χ4v) is 3.26. The summed E-state index contributed by atoms with van der Waals surface area (Å²) in [5.41, 5.74) is 3.00. The first-order valence-corrected chi connectivity index (χ1v) is 9.53. The van der Waals surface area contributed by atoms with Crippen molar-refractivity contribution in [2.45, 2.75) is 85.5 Å². The van der Waals surface area contributed by atoms with Crippen molar-refractivity contribution in [3.8, 4) is 0 Å². The Labute approximate surface area is 153 Å². The number of carbonyl (C=O) groups excluding carboxylic acids is 1. The highest BCUT2D eigenvalue weighted by Gasteiger charge is 2.36. The zero-order valence-electron chi connectivity index (χ0n) is 16.9. The summed E-state index contributed by atoms with van der Waals surface area (Å²) < 4.78 is 5.69. The van der Waals surface area contributed by atoms with Gasteiger partial charge in [0.1, 0.15) is 6.10 Å². The van der Waals surface area contributed by atoms with E-state index in [1.807, 2.05) is 33.8 Å². The predicted octanol–water partition coefficient (Wildman–Crippen LogP) is 3.86. The third-order valence-corrected chi connectivity index (χ3v) is 5.86. The molecule has 0 radical (unpaired) electrons. The van der Waals surface area contributed by atoms with Crippen molar-refractivity contribution in [3.05, 3.63) is 17.4 Å². The molecule has 1 rings (SSSR count). The van der Waals surface area contributed by atoms with Gasteiger partial charge in [-0.05, 0) is 56.9 Å². The maximum absolute atomic E-state index is 12.5. The number of rotatable bonds is 1. The number of esters is 1. The van der Waals surface area contributed by atoms with Crippen molar-refractivity contribution < 1.29 is 19.7 Å². The van der Waals surface area contributed by atoms with E-state index in [4.69, 9.17) is 4.74 Å². The first-order chi connectivity index (χ1) is 11.5. The van der Waals surface area contributed by atoms with Gasteiger partial charge in [-0.2, -0.15) is 0 Å². The van der Waals surface area contributed by atoms with Crippen molar-refractivity contribution in [3.63, 3.8) is 0 Å². The second-order valence-electron chi connectivity index (χ2n) is 8.24. The van der Waals surface area contributed by atoms with Crippen LogP contribution < -0.4 is 0 Å². The molecule has 1 heterocycles. The Morgan fingerprint density at radius 2 is 1.88 bits per heavy atom. The first-order valence-electron chi connectivity index (χ1n) is 9.53. The molecular formula is C21H36O4. The van der Waals surface area contributed by atoms with Crippen LogP contribution in [0.5, 0.6) is 0 Å². The summed E-state index contributed by atoms with van der Waals surface area (Å²) in [4.78, 5) is 12.5. The molecule has 0 saturated heterocycles. The Kier molecular flexibility index (Phi) is 7.92. The number of aliphatic hydroxyl groups excluding tert-OH is 1. The van der Waals surface area contributed by atoms with E-state index in [1.54, 1.807) is 6.92 Å². The quantitative estimate of drug-likeness (QED) is 0.555. The fourth-order valence-electron chi connectivity index (χ4n) is 3.26. The van der Waals surface area contributed by atoms with Crippen LogP contribution in [0.15, 0.2) is 17.4 Å². The molecule has 0 aliphatic carbocycles. The lowest BCUT2D eigenvalue weighted by Crippen LogP contribution is -2.43. The molecule has 25 heavy (non-hydrogen) atoms. The second kappa shape index (κ2) is 9.02. The zero-order chi connectivity index (χ0) is 19.4. The van der Waals surface area contributed by atoms with Crippen LogP contribution in [0, 0.1) is 23.7 Å². The molecule has 0 aromatic carbocycles. The molecule has 1 aliphatic heterocycles. The number of carbonyl (C=O) groups is 1. The summed E-state index contributed by atoms with van der Waals surface area (Å²) >= 11 is 0. The molecule has 0 aromatic heterocycles. The van der Waals surface area contributed by atoms with Gasteiger partial charge in [-0.25, -0.2) is 0 Å². The van der Waals surface area contributed by atoms with Crippen molar-refractivity contribution >= 4 is 5.97 Å². The van der Waals surface area contributed by atoms with Crippen LogP contribution in [0.2, 0.25) is 0 Å². The minimum absolute atomic E-state index is 0.0815. The van der Waals surface area contributed by atoms with E-state index in [9.17, 15) is 15.0 Å². The van der Waals surface area contributed by atoms with Gasteiger partial charge in [0.15, 0.2) is 0 Å². The maximum atomic E-state index is 12.5. The summed E-state index contributed by atoms with van der Waals surface area (Å²) in [6.45, 7) is 13.5. The van der Waals surface area contributed by atoms with E-state index in [1.165, 1.54) is 0 Å². The Morgan fingerprint density at radius 3 is 2.44 bits per heavy atom. The van der Waals surface area contributed by atoms with E-state index in [0.717, 1.165) is 5.57 Å². The molecule has 4 heteroatoms. The smallest absolute Gasteiger partial charge is 0.309 e. The van der Waals surface area contributed by atoms with Crippen molar-refractivity contribution in [2.75, 3.05) is 0 Å². The molecule has 0 bridgehead atoms. The molecule has 7 atom stereocenters. The minimum atomic E-state index is -1.19. The number of aliphatic hydroxyl groups is 2. The Morgan fingerprint density at radius 1 is 1.28 bits per heavy atom. The van der Waals surface area contributed by atoms with Gasteiger partial charge >= 0.3 is 5.97 Å². The molecule has 0 spiro atoms. The monoisotopic (exact) mass is 352 g/mol. The number of ether oxygens (including phenoxy) is 1. The van der Waals surface area contributed by atoms with Gasteiger partial charge in [0.2, 0.25) is 0 Å². The molecular weight excluding hydrogens is 316 g/mol. The summed E-state index contributed by atoms with van der Waals surface area (Å²) in [7, 11) is 0. The largest absolute Gasteiger partial charge is 0.457 e. The lowest BCUT2D eigenvalue weighted by atomic mass is 9.78. The average molecular weight is 353 g/mol. The Bertz CT molecular complexity index is 516. The number of hydrogen-bond donors (Lipinski definition) is 2. The van der Waals surface area contributed by atoms with E-state index >= 15 is 0 Å². The Hall–Kier alpha value is -1.09. The van der Waals surface area contributed by atoms with Crippen molar-refractivity contribution in [2.24, 2.45) is 23.7 Å². The predicted molar refractivity (Wildman–Crippen MR) is 100.0 cm³/mol. The highest BCUT2D eigenvalue weighted by atomic mass is 16.5. The topological polar surface area (TPSA) is 66.8 Å². The highest BCUT2D eigenvalue weighted by molar-refractivity contribution is 5.72. The first kappa shape index (κ1) is 22.0. The van der Waals surface area contributed by atoms with E-state index in [0.29, 0.717) is 19.3 Å². The van der Waals surface area contributed by atoms with E-state index < -0.39 is 11.7 Å². The maximum Gasteiger partial charge on any atom is 0.309 e. The van der Waals surface area contributed by atoms with Gasteiger partial charge < -0.3 is 14.9 Å². The molecule has 2 N–H and O–H groups in total. The molecule has 0 amide bonds. The third kappa shape index (κ3) is 5.99. The second-order valence-corrected chi connectivity index (χ2v) is 8.24. The summed E-state index contributed by atoms with van der Waals surface area (Å²) in [5, 5.41) is 21.3. The van der Waals surface area contributed by atoms with Crippen LogP contribution in [-0.2, 0) is 9.53 Å². The fraction of sp³-hybridized carbons (Fsp3) is 0.810. The van der Waals surface area contributed by atoms with E-state index in [2.05, 4.69) is 19.6 Å². The molecule has 0 saturated carbocycles. The van der Waals surface area contributed by atoms with E-state index in [-0.39, 0.29) is 35.7 Å². The minimum Gasteiger partial charge on any atom is -0.457 e. The van der Waals surface area contributed by atoms with Crippen molar-refractivity contribution in [1.82, 2.24) is 0 Å². The van der Waals surface area contributed by atoms with Gasteiger partial charge in [0.25, 0.3) is 0 Å². The van der Waals surface area contributed by atoms with Gasteiger partial charge in [0, 0.05) is 5.57 Å². The van der Waals surface area contributed by atoms with Crippen LogP contribution >= 0.6 is 0 Å². The third-order valence-electron chi connectivity index (χ3n) is 5.86. The van der Waals surface area contributed by atoms with Gasteiger partial charge in [0.05, 0.1) is 17.6 Å². The molecule has 144 valence electrons. The Balaban J connectivity index is 3.22. The van der Waals surface area contributed by atoms with Crippen molar-refractivity contribution in [1.29, 1.82) is 0 Å². The van der Waals surface area contributed by atoms with Crippen LogP contribution in [0.3, 0.4) is 0 Å². The highest BCUT2D eigenvalue weighted by Crippen LogP contribution is 2.31. The molecule has 0 aromatic rings. The molecule has 4 nitrogen and oxygen atoms in total. The van der Waals surface area contributed by atoms with Gasteiger partial charge in [-0.3, -0.25) is 4.79 Å². The van der Waals surface area contributed by atoms with Crippen LogP contribution in [-0.4, -0.2) is 34.0 Å². The average Bonchev–Trinajstić information content (AvgIpc) is 2.54. The van der Waals surface area contributed by atoms with Gasteiger partial charge in [-0.15, -0.1) is 5.73 Å². The lowest BCUT2D eigenvalue weighted by Gasteiger charge is -2.35. The van der Waals surface area contributed by atoms with Crippen LogP contribution in [0.1, 0.15) is 67.7 Å². The molecule has 0 fully saturated rings. The summed E-state index contributed by atoms with van der Waals surface area (Å²) in [6, 6.07) is 0. The van der Waals surface area contributed by atoms with Gasteiger partial charge in [-0.1, -0.05) is 34.6 Å². The molecule has 1 aliphatic rings. The van der Waals surface area contributed by atoms with Crippen LogP contribution in [0.4, 0.5) is 0 Å². The summed E-state index contributed by atoms with van der Waals surface area (Å²) in [6.07, 6.45) is 2.41. The SMILES string of the molecule is CCC1OC(=O)C(C)C(C)CC(O)C(C)(O)CC(C)C(C)C=C=C1C. The molecule has 7 unspecified atom stereocenters.